The number of anilines is 1. The zero-order valence-corrected chi connectivity index (χ0v) is 16.3. The van der Waals surface area contributed by atoms with Crippen LogP contribution in [0, 0.1) is 20.8 Å². The van der Waals surface area contributed by atoms with E-state index in [1.54, 1.807) is 25.2 Å². The first kappa shape index (κ1) is 19.2. The number of tetrazole rings is 1. The summed E-state index contributed by atoms with van der Waals surface area (Å²) in [6.07, 6.45) is 1.49. The van der Waals surface area contributed by atoms with Crippen LogP contribution >= 0.6 is 0 Å². The second-order valence-electron chi connectivity index (χ2n) is 6.71. The van der Waals surface area contributed by atoms with Crippen molar-refractivity contribution in [2.24, 2.45) is 0 Å². The van der Waals surface area contributed by atoms with Crippen LogP contribution in [-0.2, 0) is 4.79 Å². The van der Waals surface area contributed by atoms with Crippen molar-refractivity contribution in [2.45, 2.75) is 20.8 Å². The summed E-state index contributed by atoms with van der Waals surface area (Å²) in [6.45, 7) is 5.78. The number of hydrogen-bond donors (Lipinski definition) is 1. The summed E-state index contributed by atoms with van der Waals surface area (Å²) in [5, 5.41) is 14.0. The second-order valence-corrected chi connectivity index (χ2v) is 6.71. The Bertz CT molecular complexity index is 1010. The van der Waals surface area contributed by atoms with Crippen LogP contribution in [-0.4, -0.2) is 50.5 Å². The van der Waals surface area contributed by atoms with Crippen LogP contribution in [0.4, 0.5) is 5.69 Å². The van der Waals surface area contributed by atoms with Gasteiger partial charge in [0.25, 0.3) is 5.91 Å². The molecule has 0 aliphatic rings. The number of nitrogens with zero attached hydrogens (tertiary/aromatic N) is 5. The molecule has 28 heavy (non-hydrogen) atoms. The molecule has 2 aromatic carbocycles. The number of likely N-dealkylation sites (N-methyl/N-ethyl adjacent to an activating group) is 1. The third kappa shape index (κ3) is 4.06. The fourth-order valence-corrected chi connectivity index (χ4v) is 2.90. The molecule has 0 saturated carbocycles. The highest BCUT2D eigenvalue weighted by Crippen LogP contribution is 2.18. The molecule has 0 aliphatic heterocycles. The zero-order chi connectivity index (χ0) is 20.3. The van der Waals surface area contributed by atoms with E-state index in [0.717, 1.165) is 28.1 Å². The smallest absolute Gasteiger partial charge is 0.254 e. The minimum Gasteiger partial charge on any atom is -0.332 e. The molecule has 0 saturated heterocycles. The fraction of sp³-hybridized carbons (Fsp3) is 0.250. The molecule has 0 radical (unpaired) electrons. The van der Waals surface area contributed by atoms with Crippen molar-refractivity contribution >= 4 is 17.5 Å². The molecule has 1 heterocycles. The normalized spacial score (nSPS) is 10.6. The van der Waals surface area contributed by atoms with Crippen LogP contribution < -0.4 is 5.32 Å². The maximum absolute atomic E-state index is 12.7. The molecule has 3 rings (SSSR count). The predicted molar refractivity (Wildman–Crippen MR) is 105 cm³/mol. The van der Waals surface area contributed by atoms with Crippen LogP contribution in [0.5, 0.6) is 0 Å². The van der Waals surface area contributed by atoms with Crippen molar-refractivity contribution in [3.8, 4) is 5.69 Å². The monoisotopic (exact) mass is 378 g/mol. The third-order valence-corrected chi connectivity index (χ3v) is 4.65. The maximum atomic E-state index is 12.7. The molecule has 8 nitrogen and oxygen atoms in total. The summed E-state index contributed by atoms with van der Waals surface area (Å²) in [6, 6.07) is 11.0. The summed E-state index contributed by atoms with van der Waals surface area (Å²) >= 11 is 0. The van der Waals surface area contributed by atoms with E-state index in [2.05, 4.69) is 20.8 Å². The minimum absolute atomic E-state index is 0.0417. The lowest BCUT2D eigenvalue weighted by atomic mass is 10.1. The van der Waals surface area contributed by atoms with E-state index in [9.17, 15) is 9.59 Å². The number of nitrogens with one attached hydrogen (secondary N) is 1. The lowest BCUT2D eigenvalue weighted by molar-refractivity contribution is -0.116. The molecule has 1 N–H and O–H groups in total. The topological polar surface area (TPSA) is 93.0 Å². The van der Waals surface area contributed by atoms with E-state index in [1.807, 2.05) is 39.0 Å². The van der Waals surface area contributed by atoms with Gasteiger partial charge in [-0.1, -0.05) is 12.1 Å². The highest BCUT2D eigenvalue weighted by molar-refractivity contribution is 5.99. The number of amides is 2. The lowest BCUT2D eigenvalue weighted by Crippen LogP contribution is -2.35. The summed E-state index contributed by atoms with van der Waals surface area (Å²) in [7, 11) is 1.61. The minimum atomic E-state index is -0.244. The van der Waals surface area contributed by atoms with Crippen molar-refractivity contribution in [2.75, 3.05) is 18.9 Å². The SMILES string of the molecule is Cc1cc(C(=O)N(C)CC(=O)Nc2cccc(C)c2C)ccc1-n1cnnn1. The van der Waals surface area contributed by atoms with Gasteiger partial charge in [-0.05, 0) is 72.2 Å². The number of carbonyl (C=O) groups excluding carboxylic acids is 2. The average molecular weight is 378 g/mol. The number of rotatable bonds is 5. The van der Waals surface area contributed by atoms with Gasteiger partial charge in [0.1, 0.15) is 6.33 Å². The first-order valence-electron chi connectivity index (χ1n) is 8.82. The maximum Gasteiger partial charge on any atom is 0.254 e. The molecule has 0 unspecified atom stereocenters. The van der Waals surface area contributed by atoms with Crippen molar-refractivity contribution in [1.82, 2.24) is 25.1 Å². The van der Waals surface area contributed by atoms with Gasteiger partial charge in [0.05, 0.1) is 12.2 Å². The molecule has 0 spiro atoms. The van der Waals surface area contributed by atoms with Crippen LogP contribution in [0.25, 0.3) is 5.69 Å². The molecule has 0 atom stereocenters. The van der Waals surface area contributed by atoms with Gasteiger partial charge in [-0.3, -0.25) is 9.59 Å². The Morgan fingerprint density at radius 2 is 1.89 bits per heavy atom. The number of aromatic nitrogens is 4. The Hall–Kier alpha value is -3.55. The Balaban J connectivity index is 1.68. The summed E-state index contributed by atoms with van der Waals surface area (Å²) in [4.78, 5) is 26.5. The van der Waals surface area contributed by atoms with Gasteiger partial charge in [-0.25, -0.2) is 4.68 Å². The zero-order valence-electron chi connectivity index (χ0n) is 16.3. The second kappa shape index (κ2) is 7.99. The van der Waals surface area contributed by atoms with Crippen LogP contribution in [0.1, 0.15) is 27.0 Å². The highest BCUT2D eigenvalue weighted by Gasteiger charge is 2.17. The van der Waals surface area contributed by atoms with Gasteiger partial charge < -0.3 is 10.2 Å². The highest BCUT2D eigenvalue weighted by atomic mass is 16.2. The van der Waals surface area contributed by atoms with Gasteiger partial charge in [0.15, 0.2) is 0 Å². The molecule has 0 aliphatic carbocycles. The van der Waals surface area contributed by atoms with Crippen molar-refractivity contribution in [1.29, 1.82) is 0 Å². The van der Waals surface area contributed by atoms with Gasteiger partial charge in [-0.15, -0.1) is 5.10 Å². The van der Waals surface area contributed by atoms with Gasteiger partial charge in [0, 0.05) is 18.3 Å². The van der Waals surface area contributed by atoms with Crippen LogP contribution in [0.2, 0.25) is 0 Å². The largest absolute Gasteiger partial charge is 0.332 e. The molecule has 3 aromatic rings. The molecule has 144 valence electrons. The third-order valence-electron chi connectivity index (χ3n) is 4.65. The van der Waals surface area contributed by atoms with E-state index in [0.29, 0.717) is 5.56 Å². The van der Waals surface area contributed by atoms with Crippen molar-refractivity contribution in [3.05, 3.63) is 65.0 Å². The molecule has 1 aromatic heterocycles. The molecular formula is C20H22N6O2. The predicted octanol–water partition coefficient (Wildman–Crippen LogP) is 2.30. The van der Waals surface area contributed by atoms with Crippen LogP contribution in [0.3, 0.4) is 0 Å². The average Bonchev–Trinajstić information content (AvgIpc) is 3.19. The van der Waals surface area contributed by atoms with Crippen molar-refractivity contribution < 1.29 is 9.59 Å². The van der Waals surface area contributed by atoms with Crippen LogP contribution in [0.15, 0.2) is 42.7 Å². The van der Waals surface area contributed by atoms with E-state index in [1.165, 1.54) is 15.9 Å². The van der Waals surface area contributed by atoms with Gasteiger partial charge in [0.2, 0.25) is 5.91 Å². The molecule has 8 heteroatoms. The van der Waals surface area contributed by atoms with Gasteiger partial charge in [-0.2, -0.15) is 0 Å². The molecule has 2 amide bonds. The fourth-order valence-electron chi connectivity index (χ4n) is 2.90. The summed E-state index contributed by atoms with van der Waals surface area (Å²) < 4.78 is 1.53. The number of hydrogen-bond acceptors (Lipinski definition) is 5. The molecule has 0 bridgehead atoms. The number of aryl methyl sites for hydroxylation is 2. The first-order chi connectivity index (χ1) is 13.4. The standard InChI is InChI=1S/C20H22N6O2/c1-13-6-5-7-17(15(13)3)22-19(27)11-25(4)20(28)16-8-9-18(14(2)10-16)26-12-21-23-24-26/h5-10,12H,11H2,1-4H3,(H,22,27). The lowest BCUT2D eigenvalue weighted by Gasteiger charge is -2.18. The Kier molecular flexibility index (Phi) is 5.49. The Morgan fingerprint density at radius 1 is 1.11 bits per heavy atom. The van der Waals surface area contributed by atoms with E-state index < -0.39 is 0 Å². The molecule has 0 fully saturated rings. The quantitative estimate of drug-likeness (QED) is 0.735. The van der Waals surface area contributed by atoms with Crippen molar-refractivity contribution in [3.63, 3.8) is 0 Å². The number of carbonyl (C=O) groups is 2. The van der Waals surface area contributed by atoms with Gasteiger partial charge >= 0.3 is 0 Å². The molecular weight excluding hydrogens is 356 g/mol. The Morgan fingerprint density at radius 3 is 2.57 bits per heavy atom. The first-order valence-corrected chi connectivity index (χ1v) is 8.82. The number of benzene rings is 2. The summed E-state index contributed by atoms with van der Waals surface area (Å²) in [5.41, 5.74) is 5.01. The van der Waals surface area contributed by atoms with E-state index >= 15 is 0 Å². The van der Waals surface area contributed by atoms with E-state index in [4.69, 9.17) is 0 Å². The summed E-state index contributed by atoms with van der Waals surface area (Å²) in [5.74, 6) is -0.478. The Labute approximate surface area is 163 Å². The van der Waals surface area contributed by atoms with E-state index in [-0.39, 0.29) is 18.4 Å².